The first-order chi connectivity index (χ1) is 6.33. The summed E-state index contributed by atoms with van der Waals surface area (Å²) in [6, 6.07) is 1.51. The van der Waals surface area contributed by atoms with Crippen LogP contribution >= 0.6 is 23.4 Å². The van der Waals surface area contributed by atoms with Gasteiger partial charge in [-0.05, 0) is 23.8 Å². The van der Waals surface area contributed by atoms with Gasteiger partial charge in [0.1, 0.15) is 5.82 Å². The molecule has 1 heterocycles. The zero-order valence-electron chi connectivity index (χ0n) is 7.17. The number of alkyl halides is 1. The molecule has 1 nitrogen and oxygen atoms in total. The van der Waals surface area contributed by atoms with Crippen LogP contribution in [0.4, 0.5) is 4.39 Å². The van der Waals surface area contributed by atoms with Gasteiger partial charge in [0, 0.05) is 17.8 Å². The normalized spacial score (nSPS) is 10.3. The van der Waals surface area contributed by atoms with Crippen molar-refractivity contribution in [3.63, 3.8) is 0 Å². The zero-order chi connectivity index (χ0) is 9.52. The van der Waals surface area contributed by atoms with Gasteiger partial charge >= 0.3 is 0 Å². The number of rotatable bonds is 5. The third-order valence-corrected chi connectivity index (χ3v) is 2.83. The highest BCUT2D eigenvalue weighted by Crippen LogP contribution is 2.12. The van der Waals surface area contributed by atoms with E-state index in [-0.39, 0.29) is 5.82 Å². The molecular formula is C9H11ClFNS. The topological polar surface area (TPSA) is 12.9 Å². The first kappa shape index (κ1) is 10.8. The van der Waals surface area contributed by atoms with Crippen molar-refractivity contribution < 1.29 is 4.39 Å². The Hall–Kier alpha value is -0.280. The molecule has 0 fully saturated rings. The lowest BCUT2D eigenvalue weighted by Crippen LogP contribution is -1.87. The molecule has 0 amide bonds. The minimum Gasteiger partial charge on any atom is -0.261 e. The number of thioether (sulfide) groups is 1. The summed E-state index contributed by atoms with van der Waals surface area (Å²) in [5, 5.41) is 0. The molecule has 0 atom stereocenters. The van der Waals surface area contributed by atoms with Crippen molar-refractivity contribution >= 4 is 23.4 Å². The van der Waals surface area contributed by atoms with Crippen molar-refractivity contribution in [1.29, 1.82) is 0 Å². The van der Waals surface area contributed by atoms with Crippen LogP contribution in [-0.2, 0) is 5.75 Å². The van der Waals surface area contributed by atoms with E-state index < -0.39 is 0 Å². The van der Waals surface area contributed by atoms with E-state index in [9.17, 15) is 4.39 Å². The van der Waals surface area contributed by atoms with Crippen LogP contribution in [0.1, 0.15) is 12.0 Å². The summed E-state index contributed by atoms with van der Waals surface area (Å²) in [7, 11) is 0. The lowest BCUT2D eigenvalue weighted by atomic mass is 10.3. The smallest absolute Gasteiger partial charge is 0.141 e. The Bertz CT molecular complexity index is 257. The van der Waals surface area contributed by atoms with Crippen molar-refractivity contribution in [3.8, 4) is 0 Å². The Morgan fingerprint density at radius 2 is 2.31 bits per heavy atom. The molecule has 0 aliphatic heterocycles. The number of hydrogen-bond acceptors (Lipinski definition) is 2. The van der Waals surface area contributed by atoms with Crippen LogP contribution in [0, 0.1) is 5.82 Å². The molecule has 0 N–H and O–H groups in total. The number of halogens is 2. The molecule has 0 aliphatic carbocycles. The highest BCUT2D eigenvalue weighted by atomic mass is 35.5. The van der Waals surface area contributed by atoms with Gasteiger partial charge in [-0.1, -0.05) is 0 Å². The summed E-state index contributed by atoms with van der Waals surface area (Å²) in [5.74, 6) is 2.24. The molecule has 0 aromatic carbocycles. The molecule has 0 aliphatic rings. The largest absolute Gasteiger partial charge is 0.261 e. The van der Waals surface area contributed by atoms with Crippen molar-refractivity contribution in [1.82, 2.24) is 4.98 Å². The molecule has 4 heteroatoms. The fraction of sp³-hybridized carbons (Fsp3) is 0.444. The summed E-state index contributed by atoms with van der Waals surface area (Å²) >= 11 is 7.27. The van der Waals surface area contributed by atoms with Gasteiger partial charge in [-0.15, -0.1) is 11.6 Å². The van der Waals surface area contributed by atoms with E-state index in [0.717, 1.165) is 23.5 Å². The Labute approximate surface area is 86.7 Å². The lowest BCUT2D eigenvalue weighted by Gasteiger charge is -1.99. The summed E-state index contributed by atoms with van der Waals surface area (Å²) in [6.07, 6.45) is 3.90. The molecule has 0 unspecified atom stereocenters. The maximum atomic E-state index is 12.6. The minimum atomic E-state index is -0.268. The highest BCUT2D eigenvalue weighted by Gasteiger charge is 1.96. The second kappa shape index (κ2) is 6.22. The molecule has 0 bridgehead atoms. The quantitative estimate of drug-likeness (QED) is 0.558. The number of aromatic nitrogens is 1. The molecule has 72 valence electrons. The van der Waals surface area contributed by atoms with Crippen molar-refractivity contribution in [2.75, 3.05) is 11.6 Å². The van der Waals surface area contributed by atoms with Crippen LogP contribution in [-0.4, -0.2) is 16.6 Å². The summed E-state index contributed by atoms with van der Waals surface area (Å²) in [4.78, 5) is 3.77. The van der Waals surface area contributed by atoms with Crippen LogP contribution in [0.3, 0.4) is 0 Å². The average molecular weight is 220 g/mol. The highest BCUT2D eigenvalue weighted by molar-refractivity contribution is 7.98. The SMILES string of the molecule is Fc1cncc(CSCCCCl)c1. The van der Waals surface area contributed by atoms with E-state index >= 15 is 0 Å². The minimum absolute atomic E-state index is 0.268. The summed E-state index contributed by atoms with van der Waals surface area (Å²) < 4.78 is 12.6. The number of nitrogens with zero attached hydrogens (tertiary/aromatic N) is 1. The Balaban J connectivity index is 2.28. The molecule has 13 heavy (non-hydrogen) atoms. The molecule has 1 aromatic rings. The van der Waals surface area contributed by atoms with E-state index in [1.165, 1.54) is 12.3 Å². The van der Waals surface area contributed by atoms with Gasteiger partial charge in [-0.25, -0.2) is 4.39 Å². The molecule has 0 saturated heterocycles. The fourth-order valence-electron chi connectivity index (χ4n) is 0.881. The Morgan fingerprint density at radius 3 is 3.00 bits per heavy atom. The van der Waals surface area contributed by atoms with E-state index in [1.54, 1.807) is 18.0 Å². The summed E-state index contributed by atoms with van der Waals surface area (Å²) in [5.41, 5.74) is 0.930. The maximum Gasteiger partial charge on any atom is 0.141 e. The third-order valence-electron chi connectivity index (χ3n) is 1.45. The Morgan fingerprint density at radius 1 is 1.46 bits per heavy atom. The second-order valence-corrected chi connectivity index (χ2v) is 4.09. The Kier molecular flexibility index (Phi) is 5.16. The molecule has 0 spiro atoms. The van der Waals surface area contributed by atoms with Gasteiger partial charge in [0.05, 0.1) is 6.20 Å². The van der Waals surface area contributed by atoms with E-state index in [0.29, 0.717) is 5.88 Å². The standard InChI is InChI=1S/C9H11ClFNS/c10-2-1-3-13-7-8-4-9(11)6-12-5-8/h4-6H,1-3,7H2. The van der Waals surface area contributed by atoms with Crippen LogP contribution in [0.25, 0.3) is 0 Å². The van der Waals surface area contributed by atoms with Gasteiger partial charge in [0.2, 0.25) is 0 Å². The van der Waals surface area contributed by atoms with Gasteiger partial charge in [0.15, 0.2) is 0 Å². The van der Waals surface area contributed by atoms with Crippen LogP contribution in [0.15, 0.2) is 18.5 Å². The first-order valence-corrected chi connectivity index (χ1v) is 5.75. The van der Waals surface area contributed by atoms with Gasteiger partial charge < -0.3 is 0 Å². The third kappa shape index (κ3) is 4.48. The van der Waals surface area contributed by atoms with E-state index in [4.69, 9.17) is 11.6 Å². The zero-order valence-corrected chi connectivity index (χ0v) is 8.74. The molecule has 0 saturated carbocycles. The number of hydrogen-bond donors (Lipinski definition) is 0. The van der Waals surface area contributed by atoms with E-state index in [2.05, 4.69) is 4.98 Å². The first-order valence-electron chi connectivity index (χ1n) is 4.06. The van der Waals surface area contributed by atoms with Crippen LogP contribution in [0.2, 0.25) is 0 Å². The molecule has 0 radical (unpaired) electrons. The molecule has 1 aromatic heterocycles. The number of pyridine rings is 1. The molecule has 1 rings (SSSR count). The molecular weight excluding hydrogens is 209 g/mol. The monoisotopic (exact) mass is 219 g/mol. The van der Waals surface area contributed by atoms with Gasteiger partial charge in [-0.3, -0.25) is 4.98 Å². The summed E-state index contributed by atoms with van der Waals surface area (Å²) in [6.45, 7) is 0. The average Bonchev–Trinajstić information content (AvgIpc) is 2.13. The van der Waals surface area contributed by atoms with Crippen molar-refractivity contribution in [2.45, 2.75) is 12.2 Å². The van der Waals surface area contributed by atoms with Crippen LogP contribution < -0.4 is 0 Å². The predicted octanol–water partition coefficient (Wildman–Crippen LogP) is 3.08. The van der Waals surface area contributed by atoms with Crippen molar-refractivity contribution in [3.05, 3.63) is 29.8 Å². The van der Waals surface area contributed by atoms with Crippen molar-refractivity contribution in [2.24, 2.45) is 0 Å². The van der Waals surface area contributed by atoms with Gasteiger partial charge in [0.25, 0.3) is 0 Å². The second-order valence-electron chi connectivity index (χ2n) is 2.61. The maximum absolute atomic E-state index is 12.6. The van der Waals surface area contributed by atoms with E-state index in [1.807, 2.05) is 0 Å². The lowest BCUT2D eigenvalue weighted by molar-refractivity contribution is 0.619. The van der Waals surface area contributed by atoms with Crippen LogP contribution in [0.5, 0.6) is 0 Å². The van der Waals surface area contributed by atoms with Gasteiger partial charge in [-0.2, -0.15) is 11.8 Å². The predicted molar refractivity (Wildman–Crippen MR) is 55.7 cm³/mol. The fourth-order valence-corrected chi connectivity index (χ4v) is 2.06.